The fraction of sp³-hybridized carbons (Fsp3) is 0.583. The maximum atomic E-state index is 11.5. The van der Waals surface area contributed by atoms with Gasteiger partial charge in [0.25, 0.3) is 0 Å². The summed E-state index contributed by atoms with van der Waals surface area (Å²) in [6, 6.07) is -0.303. The van der Waals surface area contributed by atoms with Crippen molar-refractivity contribution in [2.75, 3.05) is 19.3 Å². The fourth-order valence-corrected chi connectivity index (χ4v) is 1.96. The second kappa shape index (κ2) is 8.40. The van der Waals surface area contributed by atoms with E-state index in [1.54, 1.807) is 10.8 Å². The number of carboxylic acid groups (broad SMARTS) is 1. The number of carbonyl (C=O) groups is 2. The first-order valence-corrected chi connectivity index (χ1v) is 8.11. The van der Waals surface area contributed by atoms with Crippen LogP contribution in [-0.4, -0.2) is 55.5 Å². The highest BCUT2D eigenvalue weighted by molar-refractivity contribution is 7.84. The Kier molecular flexibility index (Phi) is 6.86. The molecule has 2 atom stereocenters. The second-order valence-electron chi connectivity index (χ2n) is 4.58. The number of hydrogen-bond donors (Lipinski definition) is 3. The van der Waals surface area contributed by atoms with Crippen molar-refractivity contribution in [3.63, 3.8) is 0 Å². The van der Waals surface area contributed by atoms with Crippen LogP contribution in [0, 0.1) is 0 Å². The predicted octanol–water partition coefficient (Wildman–Crippen LogP) is 0.0376. The number of rotatable bonds is 8. The van der Waals surface area contributed by atoms with Crippen LogP contribution in [0.2, 0.25) is 0 Å². The van der Waals surface area contributed by atoms with Gasteiger partial charge in [-0.15, -0.1) is 0 Å². The summed E-state index contributed by atoms with van der Waals surface area (Å²) in [4.78, 5) is 25.8. The molecule has 0 saturated heterocycles. The topological polar surface area (TPSA) is 113 Å². The van der Waals surface area contributed by atoms with Crippen LogP contribution in [0.25, 0.3) is 0 Å². The molecular formula is C12H20N4O4S. The smallest absolute Gasteiger partial charge is 0.356 e. The van der Waals surface area contributed by atoms with Gasteiger partial charge in [0.15, 0.2) is 5.69 Å². The van der Waals surface area contributed by atoms with Crippen LogP contribution in [0.3, 0.4) is 0 Å². The molecule has 0 aliphatic rings. The van der Waals surface area contributed by atoms with Gasteiger partial charge in [0, 0.05) is 48.1 Å². The van der Waals surface area contributed by atoms with Crippen molar-refractivity contribution in [3.05, 3.63) is 18.2 Å². The third-order valence-electron chi connectivity index (χ3n) is 2.91. The van der Waals surface area contributed by atoms with Crippen LogP contribution >= 0.6 is 0 Å². The average Bonchev–Trinajstić information content (AvgIpc) is 2.87. The van der Waals surface area contributed by atoms with Crippen LogP contribution < -0.4 is 10.6 Å². The van der Waals surface area contributed by atoms with Gasteiger partial charge in [-0.3, -0.25) is 4.21 Å². The van der Waals surface area contributed by atoms with E-state index in [9.17, 15) is 13.8 Å². The Labute approximate surface area is 125 Å². The van der Waals surface area contributed by atoms with Gasteiger partial charge in [-0.1, -0.05) is 6.92 Å². The summed E-state index contributed by atoms with van der Waals surface area (Å²) in [5.41, 5.74) is -0.0268. The molecule has 0 bridgehead atoms. The summed E-state index contributed by atoms with van der Waals surface area (Å²) in [5, 5.41) is 14.1. The molecular weight excluding hydrogens is 296 g/mol. The highest BCUT2D eigenvalue weighted by Gasteiger charge is 2.08. The largest absolute Gasteiger partial charge is 0.476 e. The molecule has 21 heavy (non-hydrogen) atoms. The Balaban J connectivity index is 2.18. The summed E-state index contributed by atoms with van der Waals surface area (Å²) < 4.78 is 12.7. The molecule has 0 spiro atoms. The van der Waals surface area contributed by atoms with Gasteiger partial charge >= 0.3 is 12.0 Å². The SMILES string of the molecule is CC(CCNC(=O)NCCn1cnc(C(=O)O)c1)S(C)=O. The van der Waals surface area contributed by atoms with Crippen LogP contribution in [-0.2, 0) is 17.3 Å². The normalized spacial score (nSPS) is 13.4. The van der Waals surface area contributed by atoms with Crippen molar-refractivity contribution in [1.82, 2.24) is 20.2 Å². The molecule has 0 aliphatic heterocycles. The third-order valence-corrected chi connectivity index (χ3v) is 4.28. The standard InChI is InChI=1S/C12H20N4O4S/c1-9(21(2)20)3-4-13-12(19)14-5-6-16-7-10(11(17)18)15-8-16/h7-9H,3-6H2,1-2H3,(H,17,18)(H2,13,14,19). The van der Waals surface area contributed by atoms with E-state index < -0.39 is 16.8 Å². The van der Waals surface area contributed by atoms with Crippen molar-refractivity contribution < 1.29 is 18.9 Å². The quantitative estimate of drug-likeness (QED) is 0.626. The monoisotopic (exact) mass is 316 g/mol. The Morgan fingerprint density at radius 2 is 2.10 bits per heavy atom. The zero-order valence-electron chi connectivity index (χ0n) is 12.0. The van der Waals surface area contributed by atoms with E-state index in [-0.39, 0.29) is 17.0 Å². The van der Waals surface area contributed by atoms with Crippen LogP contribution in [0.4, 0.5) is 4.79 Å². The van der Waals surface area contributed by atoms with Crippen molar-refractivity contribution in [3.8, 4) is 0 Å². The predicted molar refractivity (Wildman–Crippen MR) is 78.7 cm³/mol. The number of nitrogens with one attached hydrogen (secondary N) is 2. The molecule has 1 aromatic rings. The minimum atomic E-state index is -1.08. The number of aromatic carboxylic acids is 1. The lowest BCUT2D eigenvalue weighted by Crippen LogP contribution is -2.38. The molecule has 8 nitrogen and oxygen atoms in total. The summed E-state index contributed by atoms with van der Waals surface area (Å²) in [5.74, 6) is -1.08. The van der Waals surface area contributed by atoms with Gasteiger partial charge in [0.1, 0.15) is 0 Å². The van der Waals surface area contributed by atoms with E-state index in [0.717, 1.165) is 0 Å². The van der Waals surface area contributed by atoms with Gasteiger partial charge in [-0.05, 0) is 6.42 Å². The lowest BCUT2D eigenvalue weighted by molar-refractivity contribution is 0.0691. The third kappa shape index (κ3) is 6.39. The van der Waals surface area contributed by atoms with Crippen LogP contribution in [0.15, 0.2) is 12.5 Å². The van der Waals surface area contributed by atoms with Gasteiger partial charge in [0.05, 0.1) is 6.33 Å². The molecule has 0 aromatic carbocycles. The van der Waals surface area contributed by atoms with E-state index in [0.29, 0.717) is 26.1 Å². The molecule has 0 saturated carbocycles. The van der Waals surface area contributed by atoms with Gasteiger partial charge < -0.3 is 20.3 Å². The number of carbonyl (C=O) groups excluding carboxylic acids is 1. The maximum Gasteiger partial charge on any atom is 0.356 e. The number of aromatic nitrogens is 2. The molecule has 0 aliphatic carbocycles. The first kappa shape index (κ1) is 17.2. The first-order chi connectivity index (χ1) is 9.90. The minimum absolute atomic E-state index is 0.0268. The van der Waals surface area contributed by atoms with E-state index in [1.165, 1.54) is 12.5 Å². The fourth-order valence-electron chi connectivity index (χ4n) is 1.51. The zero-order valence-corrected chi connectivity index (χ0v) is 12.9. The van der Waals surface area contributed by atoms with E-state index >= 15 is 0 Å². The Hall–Kier alpha value is -1.90. The average molecular weight is 316 g/mol. The summed E-state index contributed by atoms with van der Waals surface area (Å²) in [7, 11) is -0.887. The van der Waals surface area contributed by atoms with Crippen LogP contribution in [0.5, 0.6) is 0 Å². The molecule has 1 heterocycles. The highest BCUT2D eigenvalue weighted by atomic mass is 32.2. The number of hydrogen-bond acceptors (Lipinski definition) is 4. The summed E-state index contributed by atoms with van der Waals surface area (Å²) in [6.07, 6.45) is 5.10. The molecule has 9 heteroatoms. The van der Waals surface area contributed by atoms with Crippen molar-refractivity contribution in [2.24, 2.45) is 0 Å². The number of nitrogens with zero attached hydrogens (tertiary/aromatic N) is 2. The number of amides is 2. The first-order valence-electron chi connectivity index (χ1n) is 6.49. The molecule has 1 aromatic heterocycles. The second-order valence-corrected chi connectivity index (χ2v) is 6.38. The molecule has 1 rings (SSSR count). The van der Waals surface area contributed by atoms with Gasteiger partial charge in [0.2, 0.25) is 0 Å². The molecule has 118 valence electrons. The summed E-state index contributed by atoms with van der Waals surface area (Å²) in [6.45, 7) is 3.12. The Morgan fingerprint density at radius 3 is 2.67 bits per heavy atom. The van der Waals surface area contributed by atoms with E-state index in [2.05, 4.69) is 15.6 Å². The number of carboxylic acids is 1. The zero-order chi connectivity index (χ0) is 15.8. The van der Waals surface area contributed by atoms with E-state index in [4.69, 9.17) is 5.11 Å². The number of urea groups is 1. The highest BCUT2D eigenvalue weighted by Crippen LogP contribution is 1.97. The van der Waals surface area contributed by atoms with Gasteiger partial charge in [-0.25, -0.2) is 14.6 Å². The van der Waals surface area contributed by atoms with Crippen LogP contribution in [0.1, 0.15) is 23.8 Å². The Morgan fingerprint density at radius 1 is 1.43 bits per heavy atom. The number of imidazole rings is 1. The Bertz CT molecular complexity index is 517. The molecule has 3 N–H and O–H groups in total. The molecule has 0 fully saturated rings. The molecule has 2 amide bonds. The minimum Gasteiger partial charge on any atom is -0.476 e. The van der Waals surface area contributed by atoms with E-state index in [1.807, 2.05) is 6.92 Å². The molecule has 2 unspecified atom stereocenters. The maximum absolute atomic E-state index is 11.5. The van der Waals surface area contributed by atoms with Crippen molar-refractivity contribution in [2.45, 2.75) is 25.1 Å². The lowest BCUT2D eigenvalue weighted by atomic mass is 10.3. The summed E-state index contributed by atoms with van der Waals surface area (Å²) >= 11 is 0. The van der Waals surface area contributed by atoms with Crippen molar-refractivity contribution in [1.29, 1.82) is 0 Å². The molecule has 0 radical (unpaired) electrons. The van der Waals surface area contributed by atoms with Crippen molar-refractivity contribution >= 4 is 22.8 Å². The lowest BCUT2D eigenvalue weighted by Gasteiger charge is -2.10. The van der Waals surface area contributed by atoms with Gasteiger partial charge in [-0.2, -0.15) is 0 Å².